The summed E-state index contributed by atoms with van der Waals surface area (Å²) in [4.78, 5) is 19.1. The van der Waals surface area contributed by atoms with E-state index in [9.17, 15) is 4.79 Å². The van der Waals surface area contributed by atoms with Crippen LogP contribution in [0.4, 0.5) is 0 Å². The number of rotatable bonds is 4. The highest BCUT2D eigenvalue weighted by Gasteiger charge is 2.06. The van der Waals surface area contributed by atoms with Gasteiger partial charge in [0.25, 0.3) is 0 Å². The van der Waals surface area contributed by atoms with Gasteiger partial charge < -0.3 is 4.74 Å². The maximum Gasteiger partial charge on any atom is 0.341 e. The molecule has 2 rings (SSSR count). The summed E-state index contributed by atoms with van der Waals surface area (Å²) in [6.45, 7) is 0.300. The van der Waals surface area contributed by atoms with Crippen LogP contribution < -0.4 is 0 Å². The average Bonchev–Trinajstić information content (AvgIpc) is 2.40. The highest BCUT2D eigenvalue weighted by Crippen LogP contribution is 2.11. The predicted octanol–water partition coefficient (Wildman–Crippen LogP) is 2.53. The van der Waals surface area contributed by atoms with Crippen molar-refractivity contribution in [1.82, 2.24) is 9.97 Å². The first-order valence-electron chi connectivity index (χ1n) is 5.42. The normalized spacial score (nSPS) is 10.1. The van der Waals surface area contributed by atoms with E-state index in [1.54, 1.807) is 6.07 Å². The minimum Gasteiger partial charge on any atom is -0.462 e. The first kappa shape index (κ1) is 12.5. The molecule has 0 spiro atoms. The van der Waals surface area contributed by atoms with E-state index in [4.69, 9.17) is 16.3 Å². The second kappa shape index (κ2) is 6.12. The zero-order valence-corrected chi connectivity index (χ0v) is 10.3. The minimum atomic E-state index is -0.419. The van der Waals surface area contributed by atoms with Gasteiger partial charge in [-0.25, -0.2) is 14.8 Å². The summed E-state index contributed by atoms with van der Waals surface area (Å²) in [7, 11) is 0. The van der Waals surface area contributed by atoms with Gasteiger partial charge >= 0.3 is 5.97 Å². The molecular formula is C13H11ClN2O2. The van der Waals surface area contributed by atoms with Gasteiger partial charge in [-0.1, -0.05) is 23.7 Å². The van der Waals surface area contributed by atoms with Crippen molar-refractivity contribution in [2.24, 2.45) is 0 Å². The monoisotopic (exact) mass is 262 g/mol. The molecule has 5 heteroatoms. The molecule has 0 saturated heterocycles. The van der Waals surface area contributed by atoms with Gasteiger partial charge in [0.2, 0.25) is 0 Å². The number of ether oxygens (including phenoxy) is 1. The van der Waals surface area contributed by atoms with Crippen LogP contribution in [0.15, 0.2) is 43.0 Å². The number of esters is 1. The van der Waals surface area contributed by atoms with E-state index >= 15 is 0 Å². The number of nitrogens with zero attached hydrogens (tertiary/aromatic N) is 2. The molecule has 0 N–H and O–H groups in total. The van der Waals surface area contributed by atoms with E-state index < -0.39 is 5.97 Å². The van der Waals surface area contributed by atoms with Crippen molar-refractivity contribution in [2.75, 3.05) is 6.61 Å². The molecule has 0 fully saturated rings. The third-order valence-corrected chi connectivity index (χ3v) is 2.54. The summed E-state index contributed by atoms with van der Waals surface area (Å²) in [6.07, 6.45) is 4.84. The lowest BCUT2D eigenvalue weighted by molar-refractivity contribution is 0.0508. The molecule has 0 saturated carbocycles. The van der Waals surface area contributed by atoms with Crippen molar-refractivity contribution in [2.45, 2.75) is 6.42 Å². The van der Waals surface area contributed by atoms with E-state index in [0.717, 1.165) is 5.56 Å². The topological polar surface area (TPSA) is 52.1 Å². The number of halogens is 1. The number of hydrogen-bond donors (Lipinski definition) is 0. The Morgan fingerprint density at radius 1 is 1.28 bits per heavy atom. The summed E-state index contributed by atoms with van der Waals surface area (Å²) in [5, 5.41) is 0.676. The largest absolute Gasteiger partial charge is 0.462 e. The van der Waals surface area contributed by atoms with Gasteiger partial charge in [0, 0.05) is 23.8 Å². The molecule has 2 aromatic rings. The zero-order chi connectivity index (χ0) is 12.8. The van der Waals surface area contributed by atoms with E-state index in [2.05, 4.69) is 9.97 Å². The molecule has 1 heterocycles. The quantitative estimate of drug-likeness (QED) is 0.795. The Kier molecular flexibility index (Phi) is 4.25. The molecule has 0 atom stereocenters. The highest BCUT2D eigenvalue weighted by atomic mass is 35.5. The zero-order valence-electron chi connectivity index (χ0n) is 9.54. The van der Waals surface area contributed by atoms with Crippen LogP contribution in [0.25, 0.3) is 0 Å². The van der Waals surface area contributed by atoms with Crippen LogP contribution in [0.5, 0.6) is 0 Å². The third kappa shape index (κ3) is 3.53. The van der Waals surface area contributed by atoms with Gasteiger partial charge in [-0.05, 0) is 17.7 Å². The molecule has 0 bridgehead atoms. The van der Waals surface area contributed by atoms with Gasteiger partial charge in [-0.2, -0.15) is 0 Å². The summed E-state index contributed by atoms with van der Waals surface area (Å²) in [6, 6.07) is 7.45. The van der Waals surface area contributed by atoms with Crippen LogP contribution in [-0.4, -0.2) is 22.5 Å². The summed E-state index contributed by atoms with van der Waals surface area (Å²) < 4.78 is 5.11. The Morgan fingerprint density at radius 3 is 2.78 bits per heavy atom. The summed E-state index contributed by atoms with van der Waals surface area (Å²) >= 11 is 5.86. The van der Waals surface area contributed by atoms with Gasteiger partial charge in [0.15, 0.2) is 0 Å². The molecule has 0 aliphatic heterocycles. The first-order valence-corrected chi connectivity index (χ1v) is 5.80. The maximum absolute atomic E-state index is 11.6. The fourth-order valence-corrected chi connectivity index (χ4v) is 1.65. The molecule has 0 aliphatic carbocycles. The minimum absolute atomic E-state index is 0.300. The van der Waals surface area contributed by atoms with Crippen LogP contribution in [0.3, 0.4) is 0 Å². The van der Waals surface area contributed by atoms with Crippen molar-refractivity contribution < 1.29 is 9.53 Å². The second-order valence-corrected chi connectivity index (χ2v) is 4.08. The number of carbonyl (C=O) groups is 1. The molecule has 1 aromatic heterocycles. The molecule has 18 heavy (non-hydrogen) atoms. The molecule has 0 amide bonds. The number of benzene rings is 1. The van der Waals surface area contributed by atoms with Crippen LogP contribution in [0.1, 0.15) is 15.9 Å². The Hall–Kier alpha value is -1.94. The molecular weight excluding hydrogens is 252 g/mol. The lowest BCUT2D eigenvalue weighted by Gasteiger charge is -2.04. The Balaban J connectivity index is 1.84. The second-order valence-electron chi connectivity index (χ2n) is 3.64. The van der Waals surface area contributed by atoms with Gasteiger partial charge in [-0.3, -0.25) is 0 Å². The third-order valence-electron chi connectivity index (χ3n) is 2.31. The van der Waals surface area contributed by atoms with Gasteiger partial charge in [0.1, 0.15) is 6.33 Å². The molecule has 0 radical (unpaired) electrons. The number of aromatic nitrogens is 2. The SMILES string of the molecule is O=C(OCCc1cccc(Cl)c1)c1cncnc1. The molecule has 0 unspecified atom stereocenters. The smallest absolute Gasteiger partial charge is 0.341 e. The van der Waals surface area contributed by atoms with Crippen LogP contribution in [-0.2, 0) is 11.2 Å². The summed E-state index contributed by atoms with van der Waals surface area (Å²) in [5.41, 5.74) is 1.38. The van der Waals surface area contributed by atoms with Gasteiger partial charge in [-0.15, -0.1) is 0 Å². The van der Waals surface area contributed by atoms with Gasteiger partial charge in [0.05, 0.1) is 12.2 Å². The van der Waals surface area contributed by atoms with Crippen LogP contribution in [0, 0.1) is 0 Å². The highest BCUT2D eigenvalue weighted by molar-refractivity contribution is 6.30. The fraction of sp³-hybridized carbons (Fsp3) is 0.154. The van der Waals surface area contributed by atoms with Crippen molar-refractivity contribution in [3.05, 3.63) is 59.1 Å². The number of carbonyl (C=O) groups excluding carboxylic acids is 1. The first-order chi connectivity index (χ1) is 8.75. The van der Waals surface area contributed by atoms with E-state index in [-0.39, 0.29) is 0 Å². The predicted molar refractivity (Wildman–Crippen MR) is 67.5 cm³/mol. The lowest BCUT2D eigenvalue weighted by atomic mass is 10.2. The molecule has 1 aromatic carbocycles. The van der Waals surface area contributed by atoms with E-state index in [1.807, 2.05) is 18.2 Å². The van der Waals surface area contributed by atoms with Crippen molar-refractivity contribution in [3.8, 4) is 0 Å². The molecule has 92 valence electrons. The van der Waals surface area contributed by atoms with E-state index in [0.29, 0.717) is 23.6 Å². The van der Waals surface area contributed by atoms with Crippen LogP contribution >= 0.6 is 11.6 Å². The maximum atomic E-state index is 11.6. The average molecular weight is 263 g/mol. The van der Waals surface area contributed by atoms with Crippen molar-refractivity contribution in [1.29, 1.82) is 0 Å². The van der Waals surface area contributed by atoms with Crippen molar-refractivity contribution >= 4 is 17.6 Å². The summed E-state index contributed by atoms with van der Waals surface area (Å²) in [5.74, 6) is -0.419. The van der Waals surface area contributed by atoms with E-state index in [1.165, 1.54) is 18.7 Å². The van der Waals surface area contributed by atoms with Crippen LogP contribution in [0.2, 0.25) is 5.02 Å². The Morgan fingerprint density at radius 2 is 2.06 bits per heavy atom. The molecule has 0 aliphatic rings. The Bertz CT molecular complexity index is 532. The fourth-order valence-electron chi connectivity index (χ4n) is 1.44. The standard InChI is InChI=1S/C13H11ClN2O2/c14-12-3-1-2-10(6-12)4-5-18-13(17)11-7-15-9-16-8-11/h1-3,6-9H,4-5H2. The lowest BCUT2D eigenvalue weighted by Crippen LogP contribution is -2.08. The molecule has 4 nitrogen and oxygen atoms in total. The Labute approximate surface area is 110 Å². The number of hydrogen-bond acceptors (Lipinski definition) is 4. The van der Waals surface area contributed by atoms with Crippen molar-refractivity contribution in [3.63, 3.8) is 0 Å².